The molecule has 1 aromatic carbocycles. The van der Waals surface area contributed by atoms with Crippen molar-refractivity contribution < 1.29 is 26.4 Å². The molecule has 1 aliphatic heterocycles. The molecule has 1 atom stereocenters. The molecule has 1 saturated carbocycles. The van der Waals surface area contributed by atoms with Crippen molar-refractivity contribution in [1.29, 1.82) is 0 Å². The highest BCUT2D eigenvalue weighted by molar-refractivity contribution is 7.91. The van der Waals surface area contributed by atoms with Crippen LogP contribution in [-0.4, -0.2) is 42.8 Å². The molecule has 1 aromatic rings. The fraction of sp³-hybridized carbons (Fsp3) is 0.471. The number of carbonyl (C=O) groups excluding carboxylic acids is 1. The summed E-state index contributed by atoms with van der Waals surface area (Å²) in [5.41, 5.74) is -0.261. The van der Waals surface area contributed by atoms with Gasteiger partial charge in [0.05, 0.1) is 17.1 Å². The van der Waals surface area contributed by atoms with Gasteiger partial charge in [-0.15, -0.1) is 0 Å². The highest BCUT2D eigenvalue weighted by Gasteiger charge is 2.41. The summed E-state index contributed by atoms with van der Waals surface area (Å²) >= 11 is 0. The lowest BCUT2D eigenvalue weighted by atomic mass is 10.1. The predicted molar refractivity (Wildman–Crippen MR) is 87.4 cm³/mol. The van der Waals surface area contributed by atoms with Crippen LogP contribution in [-0.2, 0) is 20.8 Å². The molecule has 0 spiro atoms. The van der Waals surface area contributed by atoms with Gasteiger partial charge in [-0.2, -0.15) is 13.2 Å². The lowest BCUT2D eigenvalue weighted by Gasteiger charge is -2.27. The van der Waals surface area contributed by atoms with Crippen molar-refractivity contribution in [2.45, 2.75) is 37.5 Å². The standard InChI is InChI=1S/C17H18F3NO3S/c18-17(19,20)13-4-1-12(2-5-13)3-8-16(22)21(14-6-7-14)15-9-10-25(23,24)11-15/h1-5,8,14-15H,6-7,9-11H2/b8-3+. The largest absolute Gasteiger partial charge is 0.416 e. The van der Waals surface area contributed by atoms with Crippen molar-refractivity contribution in [2.75, 3.05) is 11.5 Å². The van der Waals surface area contributed by atoms with Crippen molar-refractivity contribution in [3.8, 4) is 0 Å². The van der Waals surface area contributed by atoms with Crippen molar-refractivity contribution in [3.05, 3.63) is 41.5 Å². The van der Waals surface area contributed by atoms with Crippen LogP contribution in [0.15, 0.2) is 30.3 Å². The zero-order valence-corrected chi connectivity index (χ0v) is 14.2. The van der Waals surface area contributed by atoms with Crippen molar-refractivity contribution >= 4 is 21.8 Å². The molecule has 1 aliphatic carbocycles. The first-order chi connectivity index (χ1) is 11.7. The van der Waals surface area contributed by atoms with Crippen LogP contribution in [0.2, 0.25) is 0 Å². The van der Waals surface area contributed by atoms with E-state index in [9.17, 15) is 26.4 Å². The Morgan fingerprint density at radius 2 is 1.72 bits per heavy atom. The number of hydrogen-bond acceptors (Lipinski definition) is 3. The second-order valence-electron chi connectivity index (χ2n) is 6.49. The van der Waals surface area contributed by atoms with Crippen LogP contribution in [0.4, 0.5) is 13.2 Å². The van der Waals surface area contributed by atoms with E-state index in [-0.39, 0.29) is 29.5 Å². The number of carbonyl (C=O) groups is 1. The highest BCUT2D eigenvalue weighted by Crippen LogP contribution is 2.33. The minimum Gasteiger partial charge on any atom is -0.332 e. The third-order valence-electron chi connectivity index (χ3n) is 4.45. The van der Waals surface area contributed by atoms with Gasteiger partial charge < -0.3 is 4.90 Å². The molecule has 0 N–H and O–H groups in total. The van der Waals surface area contributed by atoms with Crippen LogP contribution in [0.1, 0.15) is 30.4 Å². The second kappa shape index (κ2) is 6.48. The summed E-state index contributed by atoms with van der Waals surface area (Å²) in [6.07, 6.45) is 0.535. The molecule has 2 fully saturated rings. The first-order valence-electron chi connectivity index (χ1n) is 8.04. The summed E-state index contributed by atoms with van der Waals surface area (Å²) < 4.78 is 60.9. The Morgan fingerprint density at radius 1 is 1.08 bits per heavy atom. The van der Waals surface area contributed by atoms with Crippen molar-refractivity contribution in [1.82, 2.24) is 4.90 Å². The average molecular weight is 373 g/mol. The Hall–Kier alpha value is -1.83. The van der Waals surface area contributed by atoms with Crippen molar-refractivity contribution in [3.63, 3.8) is 0 Å². The van der Waals surface area contributed by atoms with Gasteiger partial charge in [0.1, 0.15) is 0 Å². The minimum atomic E-state index is -4.39. The molecule has 3 rings (SSSR count). The molecule has 25 heavy (non-hydrogen) atoms. The number of sulfone groups is 1. The first-order valence-corrected chi connectivity index (χ1v) is 9.86. The minimum absolute atomic E-state index is 0.0106. The van der Waals surface area contributed by atoms with Gasteiger partial charge in [-0.05, 0) is 43.0 Å². The van der Waals surface area contributed by atoms with Gasteiger partial charge in [-0.1, -0.05) is 12.1 Å². The Labute approximate surface area is 144 Å². The van der Waals surface area contributed by atoms with Gasteiger partial charge in [-0.3, -0.25) is 4.79 Å². The molecule has 136 valence electrons. The average Bonchev–Trinajstić information content (AvgIpc) is 3.28. The van der Waals surface area contributed by atoms with Gasteiger partial charge in [0.25, 0.3) is 0 Å². The number of benzene rings is 1. The normalized spacial score (nSPS) is 23.1. The van der Waals surface area contributed by atoms with Gasteiger partial charge in [0, 0.05) is 18.2 Å². The van der Waals surface area contributed by atoms with E-state index in [2.05, 4.69) is 0 Å². The van der Waals surface area contributed by atoms with Crippen LogP contribution >= 0.6 is 0 Å². The van der Waals surface area contributed by atoms with Crippen LogP contribution in [0.25, 0.3) is 6.08 Å². The molecule has 8 heteroatoms. The number of rotatable bonds is 4. The molecule has 1 unspecified atom stereocenters. The van der Waals surface area contributed by atoms with Gasteiger partial charge >= 0.3 is 6.18 Å². The monoisotopic (exact) mass is 373 g/mol. The molecule has 1 amide bonds. The van der Waals surface area contributed by atoms with Gasteiger partial charge in [0.2, 0.25) is 5.91 Å². The summed E-state index contributed by atoms with van der Waals surface area (Å²) in [6.45, 7) is 0. The zero-order chi connectivity index (χ0) is 18.2. The predicted octanol–water partition coefficient (Wildman–Crippen LogP) is 2.90. The lowest BCUT2D eigenvalue weighted by molar-refractivity contribution is -0.137. The molecule has 2 aliphatic rings. The van der Waals surface area contributed by atoms with E-state index in [0.717, 1.165) is 25.0 Å². The lowest BCUT2D eigenvalue weighted by Crippen LogP contribution is -2.41. The topological polar surface area (TPSA) is 54.5 Å². The maximum Gasteiger partial charge on any atom is 0.416 e. The van der Waals surface area contributed by atoms with E-state index in [0.29, 0.717) is 12.0 Å². The summed E-state index contributed by atoms with van der Waals surface area (Å²) in [5, 5.41) is 0. The molecule has 1 heterocycles. The van der Waals surface area contributed by atoms with E-state index >= 15 is 0 Å². The fourth-order valence-corrected chi connectivity index (χ4v) is 4.75. The van der Waals surface area contributed by atoms with E-state index < -0.39 is 21.6 Å². The maximum atomic E-state index is 12.5. The molecule has 1 saturated heterocycles. The van der Waals surface area contributed by atoms with E-state index in [1.54, 1.807) is 4.90 Å². The van der Waals surface area contributed by atoms with Crippen LogP contribution in [0.5, 0.6) is 0 Å². The highest BCUT2D eigenvalue weighted by atomic mass is 32.2. The van der Waals surface area contributed by atoms with Crippen LogP contribution < -0.4 is 0 Å². The Morgan fingerprint density at radius 3 is 2.20 bits per heavy atom. The van der Waals surface area contributed by atoms with Crippen molar-refractivity contribution in [2.24, 2.45) is 0 Å². The molecule has 0 bridgehead atoms. The molecule has 0 radical (unpaired) electrons. The Bertz CT molecular complexity index is 780. The summed E-state index contributed by atoms with van der Waals surface area (Å²) in [4.78, 5) is 14.1. The number of halogens is 3. The number of amides is 1. The molecule has 0 aromatic heterocycles. The van der Waals surface area contributed by atoms with Gasteiger partial charge in [0.15, 0.2) is 9.84 Å². The third kappa shape index (κ3) is 4.42. The fourth-order valence-electron chi connectivity index (χ4n) is 3.04. The number of nitrogens with zero attached hydrogens (tertiary/aromatic N) is 1. The van der Waals surface area contributed by atoms with E-state index in [1.165, 1.54) is 24.3 Å². The van der Waals surface area contributed by atoms with Gasteiger partial charge in [-0.25, -0.2) is 8.42 Å². The number of alkyl halides is 3. The quantitative estimate of drug-likeness (QED) is 0.763. The van der Waals surface area contributed by atoms with E-state index in [4.69, 9.17) is 0 Å². The molecular weight excluding hydrogens is 355 g/mol. The Balaban J connectivity index is 1.70. The second-order valence-corrected chi connectivity index (χ2v) is 8.72. The smallest absolute Gasteiger partial charge is 0.332 e. The van der Waals surface area contributed by atoms with E-state index in [1.807, 2.05) is 0 Å². The Kier molecular flexibility index (Phi) is 4.66. The zero-order valence-electron chi connectivity index (χ0n) is 13.4. The SMILES string of the molecule is O=C(/C=C/c1ccc(C(F)(F)F)cc1)N(C1CC1)C1CCS(=O)(=O)C1. The molecule has 4 nitrogen and oxygen atoms in total. The maximum absolute atomic E-state index is 12.5. The first kappa shape index (κ1) is 18.0. The number of hydrogen-bond donors (Lipinski definition) is 0. The van der Waals surface area contributed by atoms with Crippen LogP contribution in [0, 0.1) is 0 Å². The third-order valence-corrected chi connectivity index (χ3v) is 6.20. The summed E-state index contributed by atoms with van der Waals surface area (Å²) in [6, 6.07) is 4.30. The summed E-state index contributed by atoms with van der Waals surface area (Å²) in [7, 11) is -3.09. The molecular formula is C17H18F3NO3S. The summed E-state index contributed by atoms with van der Waals surface area (Å²) in [5.74, 6) is -0.204. The van der Waals surface area contributed by atoms with Crippen LogP contribution in [0.3, 0.4) is 0 Å².